The van der Waals surface area contributed by atoms with Crippen LogP contribution in [0.1, 0.15) is 16.9 Å². The number of phenolic OH excluding ortho intramolecular Hbond substituents is 1. The summed E-state index contributed by atoms with van der Waals surface area (Å²) < 4.78 is 5.47. The zero-order valence-electron chi connectivity index (χ0n) is 8.01. The van der Waals surface area contributed by atoms with Crippen molar-refractivity contribution in [1.29, 1.82) is 0 Å². The van der Waals surface area contributed by atoms with Crippen LogP contribution in [0, 0.1) is 20.8 Å². The van der Waals surface area contributed by atoms with Gasteiger partial charge in [-0.05, 0) is 32.4 Å². The van der Waals surface area contributed by atoms with Crippen molar-refractivity contribution >= 4 is 11.0 Å². The van der Waals surface area contributed by atoms with Crippen LogP contribution in [0.25, 0.3) is 11.0 Å². The molecule has 1 heterocycles. The molecule has 0 spiro atoms. The molecule has 2 aromatic rings. The van der Waals surface area contributed by atoms with E-state index in [0.717, 1.165) is 27.9 Å². The Morgan fingerprint density at radius 3 is 2.54 bits per heavy atom. The second kappa shape index (κ2) is 2.52. The van der Waals surface area contributed by atoms with Gasteiger partial charge < -0.3 is 9.52 Å². The van der Waals surface area contributed by atoms with Crippen molar-refractivity contribution in [1.82, 2.24) is 0 Å². The van der Waals surface area contributed by atoms with E-state index in [1.807, 2.05) is 32.9 Å². The normalized spacial score (nSPS) is 11.0. The van der Waals surface area contributed by atoms with Crippen molar-refractivity contribution in [2.45, 2.75) is 20.8 Å². The number of aromatic hydroxyl groups is 1. The van der Waals surface area contributed by atoms with Crippen LogP contribution in [-0.2, 0) is 0 Å². The van der Waals surface area contributed by atoms with Gasteiger partial charge in [-0.25, -0.2) is 0 Å². The van der Waals surface area contributed by atoms with Crippen molar-refractivity contribution in [3.05, 3.63) is 29.0 Å². The highest BCUT2D eigenvalue weighted by Crippen LogP contribution is 2.34. The fraction of sp³-hybridized carbons (Fsp3) is 0.273. The first-order valence-corrected chi connectivity index (χ1v) is 4.29. The lowest BCUT2D eigenvalue weighted by Gasteiger charge is -1.98. The topological polar surface area (TPSA) is 33.4 Å². The molecule has 0 aliphatic heterocycles. The van der Waals surface area contributed by atoms with Gasteiger partial charge in [-0.3, -0.25) is 0 Å². The number of phenols is 1. The Bertz CT molecular complexity index is 466. The van der Waals surface area contributed by atoms with Gasteiger partial charge in [0.2, 0.25) is 0 Å². The molecule has 0 aliphatic carbocycles. The van der Waals surface area contributed by atoms with E-state index in [1.165, 1.54) is 0 Å². The molecule has 0 bridgehead atoms. The Hall–Kier alpha value is -1.44. The van der Waals surface area contributed by atoms with Gasteiger partial charge in [-0.15, -0.1) is 0 Å². The molecule has 1 aromatic heterocycles. The minimum Gasteiger partial charge on any atom is -0.507 e. The summed E-state index contributed by atoms with van der Waals surface area (Å²) in [5.74, 6) is 1.21. The van der Waals surface area contributed by atoms with Crippen LogP contribution in [0.5, 0.6) is 5.75 Å². The lowest BCUT2D eigenvalue weighted by molar-refractivity contribution is 0.477. The molecule has 0 saturated carbocycles. The fourth-order valence-electron chi connectivity index (χ4n) is 1.54. The summed E-state index contributed by atoms with van der Waals surface area (Å²) >= 11 is 0. The third kappa shape index (κ3) is 1.02. The molecular formula is C11H12O2. The van der Waals surface area contributed by atoms with E-state index in [4.69, 9.17) is 4.42 Å². The highest BCUT2D eigenvalue weighted by Gasteiger charge is 2.11. The molecule has 0 amide bonds. The third-order valence-corrected chi connectivity index (χ3v) is 2.51. The number of furan rings is 1. The van der Waals surface area contributed by atoms with E-state index in [9.17, 15) is 5.11 Å². The summed E-state index contributed by atoms with van der Waals surface area (Å²) in [6, 6.07) is 3.75. The number of benzene rings is 1. The minimum absolute atomic E-state index is 0.340. The molecule has 2 heteroatoms. The van der Waals surface area contributed by atoms with Crippen molar-refractivity contribution in [3.63, 3.8) is 0 Å². The molecule has 1 aromatic carbocycles. The summed E-state index contributed by atoms with van der Waals surface area (Å²) in [7, 11) is 0. The van der Waals surface area contributed by atoms with Crippen LogP contribution in [0.15, 0.2) is 16.5 Å². The van der Waals surface area contributed by atoms with E-state index in [1.54, 1.807) is 0 Å². The first kappa shape index (κ1) is 8.17. The van der Waals surface area contributed by atoms with Crippen LogP contribution in [0.2, 0.25) is 0 Å². The number of rotatable bonds is 0. The maximum Gasteiger partial charge on any atom is 0.138 e. The molecule has 1 N–H and O–H groups in total. The maximum absolute atomic E-state index is 9.79. The standard InChI is InChI=1S/C11H12O2/c1-6-4-5-9-10(11(6)12)7(2)8(3)13-9/h4-5,12H,1-3H3. The van der Waals surface area contributed by atoms with Gasteiger partial charge in [0.1, 0.15) is 17.1 Å². The van der Waals surface area contributed by atoms with Crippen molar-refractivity contribution in [2.75, 3.05) is 0 Å². The Morgan fingerprint density at radius 1 is 1.15 bits per heavy atom. The van der Waals surface area contributed by atoms with Crippen molar-refractivity contribution in [2.24, 2.45) is 0 Å². The lowest BCUT2D eigenvalue weighted by atomic mass is 10.1. The van der Waals surface area contributed by atoms with Crippen LogP contribution in [0.3, 0.4) is 0 Å². The smallest absolute Gasteiger partial charge is 0.138 e. The molecular weight excluding hydrogens is 164 g/mol. The molecule has 2 rings (SSSR count). The average molecular weight is 176 g/mol. The second-order valence-electron chi connectivity index (χ2n) is 3.39. The molecule has 13 heavy (non-hydrogen) atoms. The largest absolute Gasteiger partial charge is 0.507 e. The molecule has 68 valence electrons. The van der Waals surface area contributed by atoms with Crippen molar-refractivity contribution < 1.29 is 9.52 Å². The van der Waals surface area contributed by atoms with Crippen LogP contribution >= 0.6 is 0 Å². The SMILES string of the molecule is Cc1ccc2oc(C)c(C)c2c1O. The Morgan fingerprint density at radius 2 is 1.85 bits per heavy atom. The first-order valence-electron chi connectivity index (χ1n) is 4.29. The molecule has 0 aliphatic rings. The van der Waals surface area contributed by atoms with Gasteiger partial charge in [-0.1, -0.05) is 6.07 Å². The highest BCUT2D eigenvalue weighted by atomic mass is 16.3. The van der Waals surface area contributed by atoms with Gasteiger partial charge >= 0.3 is 0 Å². The maximum atomic E-state index is 9.79. The van der Waals surface area contributed by atoms with E-state index >= 15 is 0 Å². The summed E-state index contributed by atoms with van der Waals surface area (Å²) in [6.45, 7) is 5.75. The van der Waals surface area contributed by atoms with Crippen LogP contribution in [-0.4, -0.2) is 5.11 Å². The zero-order valence-corrected chi connectivity index (χ0v) is 8.01. The van der Waals surface area contributed by atoms with Gasteiger partial charge in [0.05, 0.1) is 5.39 Å². The molecule has 2 nitrogen and oxygen atoms in total. The molecule has 0 saturated heterocycles. The lowest BCUT2D eigenvalue weighted by Crippen LogP contribution is -1.77. The predicted octanol–water partition coefficient (Wildman–Crippen LogP) is 3.06. The average Bonchev–Trinajstić information content (AvgIpc) is 2.37. The van der Waals surface area contributed by atoms with Crippen molar-refractivity contribution in [3.8, 4) is 5.75 Å². The van der Waals surface area contributed by atoms with E-state index in [2.05, 4.69) is 0 Å². The van der Waals surface area contributed by atoms with E-state index < -0.39 is 0 Å². The van der Waals surface area contributed by atoms with Gasteiger partial charge in [-0.2, -0.15) is 0 Å². The number of fused-ring (bicyclic) bond motifs is 1. The molecule has 0 radical (unpaired) electrons. The monoisotopic (exact) mass is 176 g/mol. The van der Waals surface area contributed by atoms with Gasteiger partial charge in [0.25, 0.3) is 0 Å². The minimum atomic E-state index is 0.340. The Balaban J connectivity index is 2.97. The van der Waals surface area contributed by atoms with Crippen LogP contribution in [0.4, 0.5) is 0 Å². The fourth-order valence-corrected chi connectivity index (χ4v) is 1.54. The molecule has 0 unspecified atom stereocenters. The molecule has 0 atom stereocenters. The van der Waals surface area contributed by atoms with Gasteiger partial charge in [0.15, 0.2) is 0 Å². The number of hydrogen-bond acceptors (Lipinski definition) is 2. The summed E-state index contributed by atoms with van der Waals surface area (Å²) in [4.78, 5) is 0. The highest BCUT2D eigenvalue weighted by molar-refractivity contribution is 5.89. The molecule has 0 fully saturated rings. The Labute approximate surface area is 76.8 Å². The summed E-state index contributed by atoms with van der Waals surface area (Å²) in [6.07, 6.45) is 0. The second-order valence-corrected chi connectivity index (χ2v) is 3.39. The quantitative estimate of drug-likeness (QED) is 0.669. The van der Waals surface area contributed by atoms with E-state index in [0.29, 0.717) is 5.75 Å². The van der Waals surface area contributed by atoms with E-state index in [-0.39, 0.29) is 0 Å². The summed E-state index contributed by atoms with van der Waals surface area (Å²) in [5.41, 5.74) is 2.67. The predicted molar refractivity (Wildman–Crippen MR) is 52.1 cm³/mol. The third-order valence-electron chi connectivity index (χ3n) is 2.51. The summed E-state index contributed by atoms with van der Waals surface area (Å²) in [5, 5.41) is 10.6. The Kier molecular flexibility index (Phi) is 1.59. The number of aryl methyl sites for hydroxylation is 3. The van der Waals surface area contributed by atoms with Gasteiger partial charge in [0, 0.05) is 5.56 Å². The zero-order chi connectivity index (χ0) is 9.59. The van der Waals surface area contributed by atoms with Crippen LogP contribution < -0.4 is 0 Å². The number of hydrogen-bond donors (Lipinski definition) is 1. The first-order chi connectivity index (χ1) is 6.11.